The number of para-hydroxylation sites is 1. The van der Waals surface area contributed by atoms with Crippen LogP contribution in [-0.4, -0.2) is 49.1 Å². The summed E-state index contributed by atoms with van der Waals surface area (Å²) in [6, 6.07) is 4.07. The van der Waals surface area contributed by atoms with Crippen LogP contribution in [0.4, 0.5) is 11.4 Å². The molecule has 0 heterocycles. The largest absolute Gasteiger partial charge is 0.396 e. The summed E-state index contributed by atoms with van der Waals surface area (Å²) < 4.78 is 22.6. The number of nitrogens with two attached hydrogens (primary N) is 2. The monoisotopic (exact) mass is 291 g/mol. The van der Waals surface area contributed by atoms with E-state index < -0.39 is 35.4 Å². The molecule has 0 radical (unpaired) electrons. The first-order valence-electron chi connectivity index (χ1n) is 5.32. The van der Waals surface area contributed by atoms with Gasteiger partial charge in [0.15, 0.2) is 0 Å². The van der Waals surface area contributed by atoms with E-state index in [0.717, 1.165) is 0 Å². The molecule has 0 unspecified atom stereocenters. The minimum Gasteiger partial charge on any atom is -0.396 e. The van der Waals surface area contributed by atoms with Crippen LogP contribution in [0.2, 0.25) is 0 Å². The summed E-state index contributed by atoms with van der Waals surface area (Å²) in [5.74, 6) is 0. The predicted octanol–water partition coefficient (Wildman–Crippen LogP) is -1.96. The van der Waals surface area contributed by atoms with Gasteiger partial charge in [0, 0.05) is 0 Å². The first kappa shape index (κ1) is 15.7. The van der Waals surface area contributed by atoms with Gasteiger partial charge in [0.05, 0.1) is 31.2 Å². The van der Waals surface area contributed by atoms with Gasteiger partial charge in [0.2, 0.25) is 10.0 Å². The molecule has 1 aromatic carbocycles. The number of primary sulfonamides is 1. The number of rotatable bonds is 6. The Morgan fingerprint density at radius 1 is 1.16 bits per heavy atom. The predicted molar refractivity (Wildman–Crippen MR) is 69.8 cm³/mol. The maximum absolute atomic E-state index is 11.3. The van der Waals surface area contributed by atoms with Crippen LogP contribution < -0.4 is 16.2 Å². The van der Waals surface area contributed by atoms with Gasteiger partial charge in [-0.2, -0.15) is 0 Å². The van der Waals surface area contributed by atoms with Crippen LogP contribution in [0, 0.1) is 0 Å². The third-order valence-electron chi connectivity index (χ3n) is 2.68. The van der Waals surface area contributed by atoms with Crippen LogP contribution in [0.25, 0.3) is 0 Å². The number of hydrogen-bond acceptors (Lipinski definition) is 7. The highest BCUT2D eigenvalue weighted by Gasteiger charge is 2.29. The van der Waals surface area contributed by atoms with Crippen LogP contribution in [0.15, 0.2) is 23.1 Å². The lowest BCUT2D eigenvalue weighted by Crippen LogP contribution is -2.49. The standard InChI is InChI=1S/C10H17N3O5S/c11-9-7(13-10(4-14,5-15)6-16)2-1-3-8(9)19(12,17)18/h1-3,13-16H,4-6,11H2,(H2,12,17,18). The molecule has 8 nitrogen and oxygen atoms in total. The maximum Gasteiger partial charge on any atom is 0.240 e. The topological polar surface area (TPSA) is 159 Å². The Balaban J connectivity index is 3.23. The highest BCUT2D eigenvalue weighted by Crippen LogP contribution is 2.28. The summed E-state index contributed by atoms with van der Waals surface area (Å²) in [7, 11) is -3.98. The minimum absolute atomic E-state index is 0.142. The molecular formula is C10H17N3O5S. The molecule has 8 N–H and O–H groups in total. The first-order valence-corrected chi connectivity index (χ1v) is 6.86. The van der Waals surface area contributed by atoms with Gasteiger partial charge in [-0.05, 0) is 12.1 Å². The zero-order chi connectivity index (χ0) is 14.7. The van der Waals surface area contributed by atoms with Gasteiger partial charge < -0.3 is 26.4 Å². The summed E-state index contributed by atoms with van der Waals surface area (Å²) >= 11 is 0. The molecule has 0 spiro atoms. The average Bonchev–Trinajstić information content (AvgIpc) is 2.37. The summed E-state index contributed by atoms with van der Waals surface area (Å²) in [6.07, 6.45) is 0. The van der Waals surface area contributed by atoms with E-state index in [4.69, 9.17) is 10.9 Å². The molecule has 0 saturated carbocycles. The quantitative estimate of drug-likeness (QED) is 0.332. The van der Waals surface area contributed by atoms with Gasteiger partial charge in [-0.1, -0.05) is 6.07 Å². The number of benzene rings is 1. The fourth-order valence-corrected chi connectivity index (χ4v) is 2.14. The molecule has 1 aromatic rings. The summed E-state index contributed by atoms with van der Waals surface area (Å²) in [5.41, 5.74) is 4.26. The lowest BCUT2D eigenvalue weighted by molar-refractivity contribution is 0.0834. The lowest BCUT2D eigenvalue weighted by atomic mass is 10.0. The number of anilines is 2. The van der Waals surface area contributed by atoms with Crippen LogP contribution in [0.3, 0.4) is 0 Å². The van der Waals surface area contributed by atoms with Crippen LogP contribution >= 0.6 is 0 Å². The SMILES string of the molecule is Nc1c(NC(CO)(CO)CO)cccc1S(N)(=O)=O. The van der Waals surface area contributed by atoms with E-state index in [0.29, 0.717) is 0 Å². The van der Waals surface area contributed by atoms with E-state index in [-0.39, 0.29) is 16.3 Å². The number of hydrogen-bond donors (Lipinski definition) is 6. The van der Waals surface area contributed by atoms with Gasteiger partial charge >= 0.3 is 0 Å². The van der Waals surface area contributed by atoms with E-state index in [1.54, 1.807) is 0 Å². The highest BCUT2D eigenvalue weighted by atomic mass is 32.2. The van der Waals surface area contributed by atoms with Gasteiger partial charge in [-0.15, -0.1) is 0 Å². The Hall–Kier alpha value is -1.39. The Morgan fingerprint density at radius 3 is 2.11 bits per heavy atom. The van der Waals surface area contributed by atoms with Crippen molar-refractivity contribution in [3.8, 4) is 0 Å². The molecule has 108 valence electrons. The second-order valence-electron chi connectivity index (χ2n) is 4.14. The average molecular weight is 291 g/mol. The van der Waals surface area contributed by atoms with Crippen molar-refractivity contribution in [3.63, 3.8) is 0 Å². The van der Waals surface area contributed by atoms with Crippen LogP contribution in [0.5, 0.6) is 0 Å². The van der Waals surface area contributed by atoms with Crippen molar-refractivity contribution in [1.29, 1.82) is 0 Å². The summed E-state index contributed by atoms with van der Waals surface area (Å²) in [5, 5.41) is 35.2. The molecule has 0 aliphatic carbocycles. The lowest BCUT2D eigenvalue weighted by Gasteiger charge is -2.30. The van der Waals surface area contributed by atoms with E-state index in [1.165, 1.54) is 18.2 Å². The smallest absolute Gasteiger partial charge is 0.240 e. The van der Waals surface area contributed by atoms with Crippen LogP contribution in [-0.2, 0) is 10.0 Å². The molecule has 0 aromatic heterocycles. The fraction of sp³-hybridized carbons (Fsp3) is 0.400. The zero-order valence-electron chi connectivity index (χ0n) is 10.1. The molecule has 0 bridgehead atoms. The van der Waals surface area contributed by atoms with E-state index in [9.17, 15) is 23.7 Å². The van der Waals surface area contributed by atoms with E-state index in [2.05, 4.69) is 5.32 Å². The molecule has 19 heavy (non-hydrogen) atoms. The van der Waals surface area contributed by atoms with Crippen LogP contribution in [0.1, 0.15) is 0 Å². The van der Waals surface area contributed by atoms with Crippen molar-refractivity contribution in [2.24, 2.45) is 5.14 Å². The molecule has 0 amide bonds. The number of aliphatic hydroxyl groups excluding tert-OH is 3. The maximum atomic E-state index is 11.3. The highest BCUT2D eigenvalue weighted by molar-refractivity contribution is 7.89. The molecule has 0 saturated heterocycles. The molecule has 0 fully saturated rings. The zero-order valence-corrected chi connectivity index (χ0v) is 10.9. The third kappa shape index (κ3) is 3.33. The molecule has 1 rings (SSSR count). The minimum atomic E-state index is -3.98. The van der Waals surface area contributed by atoms with E-state index >= 15 is 0 Å². The molecule has 9 heteroatoms. The normalized spacial score (nSPS) is 12.4. The van der Waals surface area contributed by atoms with E-state index in [1.807, 2.05) is 0 Å². The molecule has 0 aliphatic heterocycles. The Morgan fingerprint density at radius 2 is 1.68 bits per heavy atom. The number of sulfonamides is 1. The Bertz CT molecular complexity index is 534. The molecule has 0 aliphatic rings. The van der Waals surface area contributed by atoms with Crippen molar-refractivity contribution < 1.29 is 23.7 Å². The number of nitrogen functional groups attached to an aromatic ring is 1. The van der Waals surface area contributed by atoms with Gasteiger partial charge in [-0.25, -0.2) is 13.6 Å². The Labute approximate surface area is 110 Å². The summed E-state index contributed by atoms with van der Waals surface area (Å²) in [6.45, 7) is -1.71. The fourth-order valence-electron chi connectivity index (χ4n) is 1.46. The van der Waals surface area contributed by atoms with Crippen molar-refractivity contribution in [2.75, 3.05) is 30.9 Å². The summed E-state index contributed by atoms with van der Waals surface area (Å²) in [4.78, 5) is -0.278. The third-order valence-corrected chi connectivity index (χ3v) is 3.65. The van der Waals surface area contributed by atoms with Gasteiger partial charge in [0.25, 0.3) is 0 Å². The van der Waals surface area contributed by atoms with Gasteiger partial charge in [-0.3, -0.25) is 0 Å². The van der Waals surface area contributed by atoms with Crippen molar-refractivity contribution in [2.45, 2.75) is 10.4 Å². The van der Waals surface area contributed by atoms with Crippen molar-refractivity contribution >= 4 is 21.4 Å². The van der Waals surface area contributed by atoms with Crippen molar-refractivity contribution in [1.82, 2.24) is 0 Å². The van der Waals surface area contributed by atoms with Crippen molar-refractivity contribution in [3.05, 3.63) is 18.2 Å². The first-order chi connectivity index (χ1) is 8.79. The molecule has 0 atom stereocenters. The van der Waals surface area contributed by atoms with Gasteiger partial charge in [0.1, 0.15) is 10.4 Å². The Kier molecular flexibility index (Phi) is 4.71. The second-order valence-corrected chi connectivity index (χ2v) is 5.67. The molecular weight excluding hydrogens is 274 g/mol. The number of nitrogens with one attached hydrogen (secondary N) is 1. The second kappa shape index (κ2) is 5.72. The number of aliphatic hydroxyl groups is 3.